The Hall–Kier alpha value is -2.73. The molecule has 0 bridgehead atoms. The lowest BCUT2D eigenvalue weighted by Gasteiger charge is -2.12. The molecule has 0 spiro atoms. The maximum atomic E-state index is 12.8. The van der Waals surface area contributed by atoms with Gasteiger partial charge in [-0.15, -0.1) is 0 Å². The molecule has 0 saturated carbocycles. The summed E-state index contributed by atoms with van der Waals surface area (Å²) in [5.74, 6) is -0.873. The first-order valence-corrected chi connectivity index (χ1v) is 7.55. The SMILES string of the molecule is CC(=O)Nc1cccc(C(=O)NCCC(O)c2ccc(F)cc2)c1. The van der Waals surface area contributed by atoms with E-state index in [0.29, 0.717) is 23.2 Å². The highest BCUT2D eigenvalue weighted by Crippen LogP contribution is 2.16. The van der Waals surface area contributed by atoms with Crippen molar-refractivity contribution in [2.45, 2.75) is 19.4 Å². The van der Waals surface area contributed by atoms with Crippen molar-refractivity contribution >= 4 is 17.5 Å². The van der Waals surface area contributed by atoms with E-state index in [-0.39, 0.29) is 24.2 Å². The van der Waals surface area contributed by atoms with Gasteiger partial charge in [0.05, 0.1) is 6.10 Å². The van der Waals surface area contributed by atoms with Crippen molar-refractivity contribution in [1.82, 2.24) is 5.32 Å². The molecule has 1 unspecified atom stereocenters. The van der Waals surface area contributed by atoms with Crippen LogP contribution in [-0.4, -0.2) is 23.5 Å². The molecule has 2 amide bonds. The highest BCUT2D eigenvalue weighted by molar-refractivity contribution is 5.96. The molecule has 0 fully saturated rings. The van der Waals surface area contributed by atoms with E-state index in [2.05, 4.69) is 10.6 Å². The topological polar surface area (TPSA) is 78.4 Å². The molecule has 5 nitrogen and oxygen atoms in total. The van der Waals surface area contributed by atoms with Gasteiger partial charge in [0.2, 0.25) is 5.91 Å². The number of hydrogen-bond donors (Lipinski definition) is 3. The molecule has 0 saturated heterocycles. The lowest BCUT2D eigenvalue weighted by Crippen LogP contribution is -2.25. The Balaban J connectivity index is 1.86. The molecule has 6 heteroatoms. The number of anilines is 1. The van der Waals surface area contributed by atoms with E-state index in [1.54, 1.807) is 24.3 Å². The molecule has 2 rings (SSSR count). The first-order valence-electron chi connectivity index (χ1n) is 7.55. The van der Waals surface area contributed by atoms with Crippen LogP contribution in [0.5, 0.6) is 0 Å². The number of halogens is 1. The molecule has 0 aromatic heterocycles. The van der Waals surface area contributed by atoms with Crippen LogP contribution in [-0.2, 0) is 4.79 Å². The van der Waals surface area contributed by atoms with Gasteiger partial charge in [-0.25, -0.2) is 4.39 Å². The summed E-state index contributed by atoms with van der Waals surface area (Å²) in [7, 11) is 0. The molecule has 3 N–H and O–H groups in total. The monoisotopic (exact) mass is 330 g/mol. The maximum Gasteiger partial charge on any atom is 0.251 e. The minimum Gasteiger partial charge on any atom is -0.388 e. The maximum absolute atomic E-state index is 12.8. The van der Waals surface area contributed by atoms with Crippen LogP contribution < -0.4 is 10.6 Å². The number of aliphatic hydroxyl groups excluding tert-OH is 1. The fourth-order valence-electron chi connectivity index (χ4n) is 2.22. The number of nitrogens with one attached hydrogen (secondary N) is 2. The molecule has 0 aliphatic carbocycles. The molecule has 0 aliphatic heterocycles. The van der Waals surface area contributed by atoms with E-state index in [1.807, 2.05) is 0 Å². The van der Waals surface area contributed by atoms with Crippen molar-refractivity contribution in [2.75, 3.05) is 11.9 Å². The second-order valence-electron chi connectivity index (χ2n) is 5.37. The van der Waals surface area contributed by atoms with E-state index in [1.165, 1.54) is 31.2 Å². The van der Waals surface area contributed by atoms with Crippen LogP contribution >= 0.6 is 0 Å². The second kappa shape index (κ2) is 8.21. The van der Waals surface area contributed by atoms with Gasteiger partial charge >= 0.3 is 0 Å². The largest absolute Gasteiger partial charge is 0.388 e. The van der Waals surface area contributed by atoms with Crippen molar-refractivity contribution in [1.29, 1.82) is 0 Å². The van der Waals surface area contributed by atoms with Crippen LogP contribution in [0.2, 0.25) is 0 Å². The van der Waals surface area contributed by atoms with E-state index in [0.717, 1.165) is 0 Å². The summed E-state index contributed by atoms with van der Waals surface area (Å²) in [4.78, 5) is 23.1. The third-order valence-electron chi connectivity index (χ3n) is 3.40. The zero-order valence-corrected chi connectivity index (χ0v) is 13.3. The minimum absolute atomic E-state index is 0.213. The fraction of sp³-hybridized carbons (Fsp3) is 0.222. The summed E-state index contributed by atoms with van der Waals surface area (Å²) < 4.78 is 12.8. The van der Waals surface area contributed by atoms with E-state index in [9.17, 15) is 19.1 Å². The second-order valence-corrected chi connectivity index (χ2v) is 5.37. The van der Waals surface area contributed by atoms with Crippen LogP contribution in [0.25, 0.3) is 0 Å². The van der Waals surface area contributed by atoms with Gasteiger partial charge in [0, 0.05) is 24.7 Å². The standard InChI is InChI=1S/C18H19FN2O3/c1-12(22)21-16-4-2-3-14(11-16)18(24)20-10-9-17(23)13-5-7-15(19)8-6-13/h2-8,11,17,23H,9-10H2,1H3,(H,20,24)(H,21,22). The smallest absolute Gasteiger partial charge is 0.251 e. The third-order valence-corrected chi connectivity index (χ3v) is 3.40. The summed E-state index contributed by atoms with van der Waals surface area (Å²) in [6, 6.07) is 12.2. The van der Waals surface area contributed by atoms with Gasteiger partial charge < -0.3 is 15.7 Å². The number of hydrogen-bond acceptors (Lipinski definition) is 3. The summed E-state index contributed by atoms with van der Waals surface area (Å²) in [5, 5.41) is 15.3. The van der Waals surface area contributed by atoms with Crippen molar-refractivity contribution in [2.24, 2.45) is 0 Å². The van der Waals surface area contributed by atoms with Gasteiger partial charge in [-0.1, -0.05) is 18.2 Å². The van der Waals surface area contributed by atoms with E-state index >= 15 is 0 Å². The number of benzene rings is 2. The molecule has 0 heterocycles. The Kier molecular flexibility index (Phi) is 6.03. The van der Waals surface area contributed by atoms with Crippen molar-refractivity contribution < 1.29 is 19.1 Å². The zero-order valence-electron chi connectivity index (χ0n) is 13.3. The summed E-state index contributed by atoms with van der Waals surface area (Å²) in [6.45, 7) is 1.66. The first kappa shape index (κ1) is 17.6. The van der Waals surface area contributed by atoms with E-state index in [4.69, 9.17) is 0 Å². The zero-order chi connectivity index (χ0) is 17.5. The Bertz CT molecular complexity index is 716. The number of aliphatic hydroxyl groups is 1. The average molecular weight is 330 g/mol. The number of carbonyl (C=O) groups excluding carboxylic acids is 2. The van der Waals surface area contributed by atoms with Crippen LogP contribution in [0.3, 0.4) is 0 Å². The quantitative estimate of drug-likeness (QED) is 0.762. The lowest BCUT2D eigenvalue weighted by atomic mass is 10.1. The summed E-state index contributed by atoms with van der Waals surface area (Å²) in [6.07, 6.45) is -0.473. The Morgan fingerprint density at radius 3 is 2.54 bits per heavy atom. The first-order chi connectivity index (χ1) is 11.5. The molecule has 24 heavy (non-hydrogen) atoms. The fourth-order valence-corrected chi connectivity index (χ4v) is 2.22. The third kappa shape index (κ3) is 5.17. The van der Waals surface area contributed by atoms with Gasteiger partial charge in [0.25, 0.3) is 5.91 Å². The van der Waals surface area contributed by atoms with Crippen LogP contribution in [0.15, 0.2) is 48.5 Å². The molecule has 2 aromatic carbocycles. The number of carbonyl (C=O) groups is 2. The van der Waals surface area contributed by atoms with Gasteiger partial charge in [0.1, 0.15) is 5.82 Å². The predicted molar refractivity (Wildman–Crippen MR) is 89.1 cm³/mol. The summed E-state index contributed by atoms with van der Waals surface area (Å²) >= 11 is 0. The lowest BCUT2D eigenvalue weighted by molar-refractivity contribution is -0.114. The number of amides is 2. The highest BCUT2D eigenvalue weighted by Gasteiger charge is 2.10. The van der Waals surface area contributed by atoms with Crippen LogP contribution in [0, 0.1) is 5.82 Å². The Morgan fingerprint density at radius 2 is 1.88 bits per heavy atom. The molecular formula is C18H19FN2O3. The predicted octanol–water partition coefficient (Wildman–Crippen LogP) is 2.64. The van der Waals surface area contributed by atoms with Crippen molar-refractivity contribution in [3.8, 4) is 0 Å². The van der Waals surface area contributed by atoms with Gasteiger partial charge in [-0.05, 0) is 42.3 Å². The minimum atomic E-state index is -0.781. The van der Waals surface area contributed by atoms with E-state index < -0.39 is 6.10 Å². The molecule has 0 radical (unpaired) electrons. The number of rotatable bonds is 6. The average Bonchev–Trinajstić information content (AvgIpc) is 2.55. The summed E-state index contributed by atoms with van der Waals surface area (Å²) in [5.41, 5.74) is 1.55. The van der Waals surface area contributed by atoms with Gasteiger partial charge in [-0.3, -0.25) is 9.59 Å². The molecular weight excluding hydrogens is 311 g/mol. The Labute approximate surface area is 139 Å². The molecule has 0 aliphatic rings. The molecule has 126 valence electrons. The molecule has 1 atom stereocenters. The van der Waals surface area contributed by atoms with Crippen LogP contribution in [0.1, 0.15) is 35.4 Å². The normalized spacial score (nSPS) is 11.6. The van der Waals surface area contributed by atoms with Gasteiger partial charge in [-0.2, -0.15) is 0 Å². The highest BCUT2D eigenvalue weighted by atomic mass is 19.1. The van der Waals surface area contributed by atoms with Gasteiger partial charge in [0.15, 0.2) is 0 Å². The van der Waals surface area contributed by atoms with Crippen LogP contribution in [0.4, 0.5) is 10.1 Å². The van der Waals surface area contributed by atoms with Crippen molar-refractivity contribution in [3.05, 3.63) is 65.5 Å². The van der Waals surface area contributed by atoms with Crippen molar-refractivity contribution in [3.63, 3.8) is 0 Å². The molecule has 2 aromatic rings. The Morgan fingerprint density at radius 1 is 1.17 bits per heavy atom.